The Morgan fingerprint density at radius 3 is 3.00 bits per heavy atom. The number of nitrogens with one attached hydrogen (secondary N) is 1. The van der Waals surface area contributed by atoms with E-state index in [1.807, 2.05) is 12.1 Å². The third-order valence-electron chi connectivity index (χ3n) is 3.82. The fourth-order valence-electron chi connectivity index (χ4n) is 2.92. The predicted molar refractivity (Wildman–Crippen MR) is 88.9 cm³/mol. The van der Waals surface area contributed by atoms with Crippen LogP contribution in [-0.2, 0) is 12.8 Å². The Morgan fingerprint density at radius 1 is 1.24 bits per heavy atom. The lowest BCUT2D eigenvalue weighted by Gasteiger charge is -2.09. The number of hydrogen-bond acceptors (Lipinski definition) is 4. The van der Waals surface area contributed by atoms with Crippen molar-refractivity contribution in [3.8, 4) is 0 Å². The maximum absolute atomic E-state index is 6.09. The highest BCUT2D eigenvalue weighted by atomic mass is 35.5. The van der Waals surface area contributed by atoms with Gasteiger partial charge in [0, 0.05) is 10.6 Å². The average molecular weight is 316 g/mol. The Labute approximate surface area is 132 Å². The molecule has 0 unspecified atom stereocenters. The van der Waals surface area contributed by atoms with E-state index in [4.69, 9.17) is 11.6 Å². The topological polar surface area (TPSA) is 37.8 Å². The first kappa shape index (κ1) is 13.0. The molecule has 1 aliphatic rings. The lowest BCUT2D eigenvalue weighted by Crippen LogP contribution is -1.97. The van der Waals surface area contributed by atoms with Gasteiger partial charge in [-0.05, 0) is 61.0 Å². The molecule has 21 heavy (non-hydrogen) atoms. The van der Waals surface area contributed by atoms with Crippen LogP contribution in [0.5, 0.6) is 0 Å². The number of fused-ring (bicyclic) bond motifs is 3. The van der Waals surface area contributed by atoms with Crippen LogP contribution in [0.1, 0.15) is 22.4 Å². The van der Waals surface area contributed by atoms with E-state index >= 15 is 0 Å². The molecular weight excluding hydrogens is 302 g/mol. The fraction of sp³-hybridized carbons (Fsp3) is 0.250. The largest absolute Gasteiger partial charge is 0.340 e. The smallest absolute Gasteiger partial charge is 0.225 e. The van der Waals surface area contributed by atoms with E-state index in [0.29, 0.717) is 5.28 Å². The van der Waals surface area contributed by atoms with Gasteiger partial charge in [0.2, 0.25) is 5.28 Å². The normalized spacial score (nSPS) is 13.6. The lowest BCUT2D eigenvalue weighted by molar-refractivity contribution is 0.917. The summed E-state index contributed by atoms with van der Waals surface area (Å²) < 4.78 is 0. The van der Waals surface area contributed by atoms with Crippen molar-refractivity contribution in [3.63, 3.8) is 0 Å². The second-order valence-electron chi connectivity index (χ2n) is 5.37. The molecule has 5 heteroatoms. The van der Waals surface area contributed by atoms with Gasteiger partial charge in [-0.2, -0.15) is 4.98 Å². The van der Waals surface area contributed by atoms with Crippen LogP contribution in [0, 0.1) is 6.92 Å². The van der Waals surface area contributed by atoms with Crippen LogP contribution in [0.15, 0.2) is 24.3 Å². The van der Waals surface area contributed by atoms with Crippen molar-refractivity contribution in [2.24, 2.45) is 0 Å². The fourth-order valence-corrected chi connectivity index (χ4v) is 4.40. The van der Waals surface area contributed by atoms with Crippen LogP contribution in [0.25, 0.3) is 10.2 Å². The van der Waals surface area contributed by atoms with Crippen molar-refractivity contribution in [1.82, 2.24) is 9.97 Å². The number of anilines is 2. The van der Waals surface area contributed by atoms with Crippen molar-refractivity contribution < 1.29 is 0 Å². The molecule has 0 fully saturated rings. The van der Waals surface area contributed by atoms with Crippen LogP contribution in [0.2, 0.25) is 5.28 Å². The Kier molecular flexibility index (Phi) is 3.08. The second-order valence-corrected chi connectivity index (χ2v) is 6.79. The first-order valence-corrected chi connectivity index (χ1v) is 8.21. The number of benzene rings is 1. The van der Waals surface area contributed by atoms with Gasteiger partial charge in [-0.25, -0.2) is 4.98 Å². The molecule has 0 bridgehead atoms. The average Bonchev–Trinajstić information content (AvgIpc) is 2.98. The number of rotatable bonds is 2. The molecule has 4 rings (SSSR count). The molecule has 1 aliphatic carbocycles. The van der Waals surface area contributed by atoms with Crippen molar-refractivity contribution in [3.05, 3.63) is 45.6 Å². The van der Waals surface area contributed by atoms with Gasteiger partial charge >= 0.3 is 0 Å². The Morgan fingerprint density at radius 2 is 2.14 bits per heavy atom. The highest BCUT2D eigenvalue weighted by Crippen LogP contribution is 2.40. The highest BCUT2D eigenvalue weighted by Gasteiger charge is 2.22. The molecule has 1 N–H and O–H groups in total. The monoisotopic (exact) mass is 315 g/mol. The minimum atomic E-state index is 0.303. The van der Waals surface area contributed by atoms with E-state index in [9.17, 15) is 0 Å². The van der Waals surface area contributed by atoms with Crippen LogP contribution < -0.4 is 5.32 Å². The molecule has 0 saturated carbocycles. The van der Waals surface area contributed by atoms with Gasteiger partial charge in [0.05, 0.1) is 5.39 Å². The molecule has 3 aromatic rings. The van der Waals surface area contributed by atoms with Gasteiger partial charge in [-0.1, -0.05) is 12.1 Å². The predicted octanol–water partition coefficient (Wildman–Crippen LogP) is 4.89. The second kappa shape index (κ2) is 4.97. The maximum atomic E-state index is 6.09. The van der Waals surface area contributed by atoms with Gasteiger partial charge in [-0.3, -0.25) is 0 Å². The number of thiophene rings is 1. The minimum Gasteiger partial charge on any atom is -0.340 e. The lowest BCUT2D eigenvalue weighted by atomic mass is 10.2. The number of hydrogen-bond donors (Lipinski definition) is 1. The molecule has 2 heterocycles. The molecule has 0 saturated heterocycles. The molecule has 0 atom stereocenters. The van der Waals surface area contributed by atoms with Crippen LogP contribution in [-0.4, -0.2) is 9.97 Å². The van der Waals surface area contributed by atoms with Gasteiger partial charge in [0.15, 0.2) is 0 Å². The summed E-state index contributed by atoms with van der Waals surface area (Å²) in [5.41, 5.74) is 3.65. The Balaban J connectivity index is 1.87. The summed E-state index contributed by atoms with van der Waals surface area (Å²) in [6, 6.07) is 8.27. The Bertz CT molecular complexity index is 841. The minimum absolute atomic E-state index is 0.303. The van der Waals surface area contributed by atoms with Crippen molar-refractivity contribution in [2.45, 2.75) is 26.2 Å². The molecular formula is C16H14ClN3S. The van der Waals surface area contributed by atoms with E-state index in [1.165, 1.54) is 22.4 Å². The van der Waals surface area contributed by atoms with Gasteiger partial charge < -0.3 is 5.32 Å². The third-order valence-corrected chi connectivity index (χ3v) is 5.17. The summed E-state index contributed by atoms with van der Waals surface area (Å²) in [7, 11) is 0. The molecule has 2 aromatic heterocycles. The number of aryl methyl sites for hydroxylation is 3. The molecule has 0 aliphatic heterocycles. The first-order valence-electron chi connectivity index (χ1n) is 7.02. The first-order chi connectivity index (χ1) is 10.2. The van der Waals surface area contributed by atoms with Crippen molar-refractivity contribution in [2.75, 3.05) is 5.32 Å². The highest BCUT2D eigenvalue weighted by molar-refractivity contribution is 7.19. The molecule has 1 aromatic carbocycles. The zero-order valence-electron chi connectivity index (χ0n) is 11.6. The molecule has 3 nitrogen and oxygen atoms in total. The van der Waals surface area contributed by atoms with Crippen molar-refractivity contribution in [1.29, 1.82) is 0 Å². The van der Waals surface area contributed by atoms with Gasteiger partial charge in [0.25, 0.3) is 0 Å². The Hall–Kier alpha value is -1.65. The summed E-state index contributed by atoms with van der Waals surface area (Å²) in [6.07, 6.45) is 3.49. The number of halogens is 1. The van der Waals surface area contributed by atoms with Crippen LogP contribution >= 0.6 is 22.9 Å². The van der Waals surface area contributed by atoms with E-state index in [0.717, 1.165) is 34.6 Å². The third kappa shape index (κ3) is 2.28. The summed E-state index contributed by atoms with van der Waals surface area (Å²) in [6.45, 7) is 2.08. The molecule has 0 radical (unpaired) electrons. The van der Waals surface area contributed by atoms with Gasteiger partial charge in [-0.15, -0.1) is 11.3 Å². The molecule has 106 valence electrons. The summed E-state index contributed by atoms with van der Waals surface area (Å²) in [5.74, 6) is 0.829. The zero-order chi connectivity index (χ0) is 14.4. The number of aromatic nitrogens is 2. The maximum Gasteiger partial charge on any atom is 0.225 e. The summed E-state index contributed by atoms with van der Waals surface area (Å²) in [5, 5.41) is 4.87. The van der Waals surface area contributed by atoms with Crippen LogP contribution in [0.3, 0.4) is 0 Å². The summed E-state index contributed by atoms with van der Waals surface area (Å²) >= 11 is 7.84. The number of nitrogens with zero attached hydrogens (tertiary/aromatic N) is 2. The van der Waals surface area contributed by atoms with E-state index < -0.39 is 0 Å². The molecule has 0 amide bonds. The van der Waals surface area contributed by atoms with Gasteiger partial charge in [0.1, 0.15) is 10.6 Å². The van der Waals surface area contributed by atoms with Crippen LogP contribution in [0.4, 0.5) is 11.5 Å². The van der Waals surface area contributed by atoms with E-state index in [-0.39, 0.29) is 0 Å². The SMILES string of the molecule is Cc1cccc(Nc2nc(Cl)nc3sc4c(c23)CCC4)c1. The zero-order valence-corrected chi connectivity index (χ0v) is 13.2. The van der Waals surface area contributed by atoms with Crippen molar-refractivity contribution >= 4 is 44.7 Å². The van der Waals surface area contributed by atoms with E-state index in [2.05, 4.69) is 34.3 Å². The summed E-state index contributed by atoms with van der Waals surface area (Å²) in [4.78, 5) is 11.3. The van der Waals surface area contributed by atoms with E-state index in [1.54, 1.807) is 11.3 Å². The standard InChI is InChI=1S/C16H14ClN3S/c1-9-4-2-5-10(8-9)18-14-13-11-6-3-7-12(11)21-15(13)20-16(17)19-14/h2,4-5,8H,3,6-7H2,1H3,(H,18,19,20). The quantitative estimate of drug-likeness (QED) is 0.684. The molecule has 0 spiro atoms.